The van der Waals surface area contributed by atoms with Gasteiger partial charge >= 0.3 is 11.7 Å². The Bertz CT molecular complexity index is 1260. The molecule has 0 spiro atoms. The second-order valence-corrected chi connectivity index (χ2v) is 6.77. The number of non-ortho nitro benzene ring substituents is 1. The molecule has 2 aromatic carbocycles. The number of rotatable bonds is 8. The Hall–Kier alpha value is -5.07. The van der Waals surface area contributed by atoms with Gasteiger partial charge in [-0.25, -0.2) is 4.79 Å². The molecule has 2 aromatic rings. The number of nitrogens with one attached hydrogen (secondary N) is 2. The van der Waals surface area contributed by atoms with E-state index in [0.717, 1.165) is 18.2 Å². The lowest BCUT2D eigenvalue weighted by Crippen LogP contribution is -2.51. The summed E-state index contributed by atoms with van der Waals surface area (Å²) in [6.07, 6.45) is 2.94. The molecule has 1 aliphatic rings. The van der Waals surface area contributed by atoms with Gasteiger partial charge in [0.25, 0.3) is 17.5 Å². The fraction of sp³-hybridized carbons (Fsp3) is 0.0952. The summed E-state index contributed by atoms with van der Waals surface area (Å²) >= 11 is 0. The molecule has 1 saturated heterocycles. The molecule has 0 atom stereocenters. The number of methoxy groups -OCH3 is 1. The van der Waals surface area contributed by atoms with Crippen molar-refractivity contribution >= 4 is 35.3 Å². The first-order chi connectivity index (χ1) is 16.1. The normalized spacial score (nSPS) is 13.0. The average molecular weight is 468 g/mol. The maximum Gasteiger partial charge on any atom is 0.328 e. The highest BCUT2D eigenvalue weighted by Gasteiger charge is 2.28. The van der Waals surface area contributed by atoms with Crippen LogP contribution in [0, 0.1) is 20.2 Å². The van der Waals surface area contributed by atoms with Gasteiger partial charge in [-0.15, -0.1) is 6.58 Å². The first kappa shape index (κ1) is 23.6. The molecule has 13 nitrogen and oxygen atoms in total. The molecule has 13 heteroatoms. The summed E-state index contributed by atoms with van der Waals surface area (Å²) in [6, 6.07) is 4.92. The number of hydrogen-bond acceptors (Lipinski definition) is 9. The molecule has 1 fully saturated rings. The highest BCUT2D eigenvalue weighted by Crippen LogP contribution is 2.41. The maximum absolute atomic E-state index is 12.0. The van der Waals surface area contributed by atoms with E-state index in [1.807, 2.05) is 10.6 Å². The van der Waals surface area contributed by atoms with Gasteiger partial charge in [0, 0.05) is 11.6 Å². The second-order valence-electron chi connectivity index (χ2n) is 6.77. The Morgan fingerprint density at radius 3 is 2.24 bits per heavy atom. The Labute approximate surface area is 191 Å². The Kier molecular flexibility index (Phi) is 6.66. The van der Waals surface area contributed by atoms with Crippen molar-refractivity contribution in [2.24, 2.45) is 0 Å². The van der Waals surface area contributed by atoms with E-state index >= 15 is 0 Å². The minimum Gasteiger partial charge on any atom is -0.493 e. The molecule has 4 amide bonds. The smallest absolute Gasteiger partial charge is 0.328 e. The van der Waals surface area contributed by atoms with Crippen LogP contribution in [0.4, 0.5) is 16.2 Å². The van der Waals surface area contributed by atoms with Crippen LogP contribution < -0.4 is 20.1 Å². The van der Waals surface area contributed by atoms with Crippen molar-refractivity contribution in [2.75, 3.05) is 7.11 Å². The molecule has 3 rings (SSSR count). The third-order valence-corrected chi connectivity index (χ3v) is 4.55. The molecule has 1 heterocycles. The number of amides is 4. The number of allylic oxidation sites excluding steroid dienone is 1. The predicted octanol–water partition coefficient (Wildman–Crippen LogP) is 2.78. The number of ether oxygens (including phenoxy) is 2. The number of nitrogens with zero attached hydrogens (tertiary/aromatic N) is 2. The summed E-state index contributed by atoms with van der Waals surface area (Å²) in [7, 11) is 1.31. The molecular formula is C21H16N4O9. The van der Waals surface area contributed by atoms with Gasteiger partial charge in [-0.05, 0) is 36.3 Å². The monoisotopic (exact) mass is 468 g/mol. The van der Waals surface area contributed by atoms with Gasteiger partial charge in [-0.1, -0.05) is 6.08 Å². The molecular weight excluding hydrogens is 452 g/mol. The van der Waals surface area contributed by atoms with Gasteiger partial charge in [0.2, 0.25) is 5.75 Å². The fourth-order valence-electron chi connectivity index (χ4n) is 3.07. The van der Waals surface area contributed by atoms with Gasteiger partial charge in [0.15, 0.2) is 11.5 Å². The van der Waals surface area contributed by atoms with Gasteiger partial charge in [0.1, 0.15) is 5.57 Å². The minimum atomic E-state index is -0.939. The van der Waals surface area contributed by atoms with E-state index in [1.165, 1.54) is 31.4 Å². The largest absolute Gasteiger partial charge is 0.493 e. The summed E-state index contributed by atoms with van der Waals surface area (Å²) in [5.41, 5.74) is -0.699. The lowest BCUT2D eigenvalue weighted by molar-refractivity contribution is -0.394. The zero-order valence-corrected chi connectivity index (χ0v) is 17.5. The quantitative estimate of drug-likeness (QED) is 0.194. The summed E-state index contributed by atoms with van der Waals surface area (Å²) in [5.74, 6) is -1.89. The Morgan fingerprint density at radius 2 is 1.68 bits per heavy atom. The number of carbonyl (C=O) groups is 3. The van der Waals surface area contributed by atoms with Crippen molar-refractivity contribution in [3.63, 3.8) is 0 Å². The molecule has 0 unspecified atom stereocenters. The molecule has 2 N–H and O–H groups in total. The zero-order valence-electron chi connectivity index (χ0n) is 17.5. The number of nitro groups is 2. The summed E-state index contributed by atoms with van der Waals surface area (Å²) < 4.78 is 11.1. The third kappa shape index (κ3) is 4.88. The van der Waals surface area contributed by atoms with E-state index in [9.17, 15) is 34.6 Å². The second kappa shape index (κ2) is 9.60. The topological polar surface area (TPSA) is 180 Å². The van der Waals surface area contributed by atoms with E-state index in [0.29, 0.717) is 11.1 Å². The van der Waals surface area contributed by atoms with Crippen molar-refractivity contribution in [1.29, 1.82) is 0 Å². The van der Waals surface area contributed by atoms with Crippen molar-refractivity contribution in [2.45, 2.75) is 6.42 Å². The van der Waals surface area contributed by atoms with Gasteiger partial charge in [0.05, 0.1) is 23.0 Å². The van der Waals surface area contributed by atoms with Crippen LogP contribution in [0.25, 0.3) is 6.08 Å². The molecule has 34 heavy (non-hydrogen) atoms. The first-order valence-electron chi connectivity index (χ1n) is 9.45. The van der Waals surface area contributed by atoms with Crippen LogP contribution in [-0.2, 0) is 16.0 Å². The van der Waals surface area contributed by atoms with Crippen LogP contribution in [-0.4, -0.2) is 34.8 Å². The average Bonchev–Trinajstić information content (AvgIpc) is 2.77. The van der Waals surface area contributed by atoms with Crippen LogP contribution in [0.5, 0.6) is 17.2 Å². The van der Waals surface area contributed by atoms with Gasteiger partial charge in [-0.2, -0.15) is 0 Å². The van der Waals surface area contributed by atoms with Crippen molar-refractivity contribution < 1.29 is 33.7 Å². The summed E-state index contributed by atoms with van der Waals surface area (Å²) in [5, 5.41) is 26.4. The number of imide groups is 2. The van der Waals surface area contributed by atoms with Gasteiger partial charge in [-0.3, -0.25) is 40.5 Å². The predicted molar refractivity (Wildman–Crippen MR) is 116 cm³/mol. The standard InChI is InChI=1S/C21H16N4O9/c1-3-4-12-7-11(8-14-19(26)22-21(28)23-20(14)27)9-17(33-2)18(12)34-16-6-5-13(24(29)30)10-15(16)25(31)32/h3,5-10H,1,4H2,2H3,(H2,22,23,26,27,28). The van der Waals surface area contributed by atoms with E-state index < -0.39 is 39.1 Å². The van der Waals surface area contributed by atoms with Crippen LogP contribution in [0.1, 0.15) is 11.1 Å². The highest BCUT2D eigenvalue weighted by molar-refractivity contribution is 6.31. The van der Waals surface area contributed by atoms with Gasteiger partial charge < -0.3 is 9.47 Å². The maximum atomic E-state index is 12.0. The summed E-state index contributed by atoms with van der Waals surface area (Å²) in [4.78, 5) is 56.2. The molecule has 0 saturated carbocycles. The van der Waals surface area contributed by atoms with E-state index in [-0.39, 0.29) is 29.2 Å². The minimum absolute atomic E-state index is 0.0641. The molecule has 0 aliphatic carbocycles. The van der Waals surface area contributed by atoms with Crippen molar-refractivity contribution in [3.8, 4) is 17.2 Å². The third-order valence-electron chi connectivity index (χ3n) is 4.55. The Balaban J connectivity index is 2.10. The van der Waals surface area contributed by atoms with Crippen LogP contribution in [0.3, 0.4) is 0 Å². The lowest BCUT2D eigenvalue weighted by atomic mass is 10.0. The van der Waals surface area contributed by atoms with E-state index in [4.69, 9.17) is 9.47 Å². The highest BCUT2D eigenvalue weighted by atomic mass is 16.6. The molecule has 1 aliphatic heterocycles. The van der Waals surface area contributed by atoms with Crippen LogP contribution in [0.2, 0.25) is 0 Å². The molecule has 0 radical (unpaired) electrons. The summed E-state index contributed by atoms with van der Waals surface area (Å²) in [6.45, 7) is 3.65. The number of urea groups is 1. The van der Waals surface area contributed by atoms with Crippen molar-refractivity contribution in [3.05, 3.63) is 79.9 Å². The lowest BCUT2D eigenvalue weighted by Gasteiger charge is -2.17. The first-order valence-corrected chi connectivity index (χ1v) is 9.45. The van der Waals surface area contributed by atoms with Crippen molar-refractivity contribution in [1.82, 2.24) is 10.6 Å². The molecule has 0 aromatic heterocycles. The van der Waals surface area contributed by atoms with Crippen LogP contribution >= 0.6 is 0 Å². The number of benzene rings is 2. The zero-order chi connectivity index (χ0) is 25.0. The Morgan fingerprint density at radius 1 is 1.00 bits per heavy atom. The number of carbonyl (C=O) groups excluding carboxylic acids is 3. The number of hydrogen-bond donors (Lipinski definition) is 2. The number of barbiturate groups is 1. The molecule has 0 bridgehead atoms. The van der Waals surface area contributed by atoms with E-state index in [2.05, 4.69) is 6.58 Å². The van der Waals surface area contributed by atoms with E-state index in [1.54, 1.807) is 0 Å². The molecule has 174 valence electrons. The number of nitro benzene ring substituents is 2. The fourth-order valence-corrected chi connectivity index (χ4v) is 3.07. The SMILES string of the molecule is C=CCc1cc(C=C2C(=O)NC(=O)NC2=O)cc(OC)c1Oc1ccc([N+](=O)[O-])cc1[N+](=O)[O-]. The van der Waals surface area contributed by atoms with Crippen LogP contribution in [0.15, 0.2) is 48.6 Å².